The molecule has 28 heavy (non-hydrogen) atoms. The molecule has 7 nitrogen and oxygen atoms in total. The van der Waals surface area contributed by atoms with Crippen molar-refractivity contribution >= 4 is 51.5 Å². The first-order valence-corrected chi connectivity index (χ1v) is 8.98. The van der Waals surface area contributed by atoms with Gasteiger partial charge in [0.15, 0.2) is 5.13 Å². The standard InChI is InChI=1S/C16H11ClF3N3O4S/c17-7-1-2-10(9(3-7)16(18,19)20)22-11-5-12(24)23(14(11)27)15-21-8(6-28-15)4-13(25)26/h1-3,6,11,22H,4-5H2,(H,25,26). The fraction of sp³-hybridized carbons (Fsp3) is 0.250. The molecule has 1 aliphatic heterocycles. The van der Waals surface area contributed by atoms with Gasteiger partial charge in [-0.25, -0.2) is 9.88 Å². The Bertz CT molecular complexity index is 963. The van der Waals surface area contributed by atoms with Crippen molar-refractivity contribution in [2.45, 2.75) is 25.1 Å². The minimum absolute atomic E-state index is 0.0253. The van der Waals surface area contributed by atoms with Crippen LogP contribution in [-0.4, -0.2) is 33.9 Å². The van der Waals surface area contributed by atoms with E-state index in [2.05, 4.69) is 10.3 Å². The van der Waals surface area contributed by atoms with E-state index in [1.54, 1.807) is 0 Å². The Balaban J connectivity index is 1.83. The van der Waals surface area contributed by atoms with E-state index in [1.165, 1.54) is 11.4 Å². The highest BCUT2D eigenvalue weighted by molar-refractivity contribution is 7.14. The summed E-state index contributed by atoms with van der Waals surface area (Å²) in [4.78, 5) is 40.2. The zero-order valence-corrected chi connectivity index (χ0v) is 15.4. The zero-order valence-electron chi connectivity index (χ0n) is 13.8. The number of nitrogens with zero attached hydrogens (tertiary/aromatic N) is 2. The highest BCUT2D eigenvalue weighted by Gasteiger charge is 2.42. The molecule has 0 spiro atoms. The fourth-order valence-corrected chi connectivity index (χ4v) is 3.66. The lowest BCUT2D eigenvalue weighted by molar-refractivity contribution is -0.137. The number of carbonyl (C=O) groups excluding carboxylic acids is 2. The van der Waals surface area contributed by atoms with Crippen molar-refractivity contribution in [2.24, 2.45) is 0 Å². The number of carboxylic acid groups (broad SMARTS) is 1. The van der Waals surface area contributed by atoms with E-state index < -0.39 is 35.6 Å². The zero-order chi connectivity index (χ0) is 20.6. The molecule has 12 heteroatoms. The summed E-state index contributed by atoms with van der Waals surface area (Å²) >= 11 is 6.53. The summed E-state index contributed by atoms with van der Waals surface area (Å²) in [7, 11) is 0. The summed E-state index contributed by atoms with van der Waals surface area (Å²) in [5.41, 5.74) is -1.27. The monoisotopic (exact) mass is 433 g/mol. The molecule has 1 unspecified atom stereocenters. The Labute approximate surface area is 164 Å². The number of alkyl halides is 3. The van der Waals surface area contributed by atoms with Gasteiger partial charge in [-0.3, -0.25) is 14.4 Å². The average Bonchev–Trinajstić information content (AvgIpc) is 3.12. The minimum atomic E-state index is -4.71. The SMILES string of the molecule is O=C(O)Cc1csc(N2C(=O)CC(Nc3ccc(Cl)cc3C(F)(F)F)C2=O)n1. The number of nitrogens with one attached hydrogen (secondary N) is 1. The van der Waals surface area contributed by atoms with Crippen LogP contribution in [0.1, 0.15) is 17.7 Å². The Hall–Kier alpha value is -2.66. The quantitative estimate of drug-likeness (QED) is 0.702. The molecule has 1 aromatic carbocycles. The normalized spacial score (nSPS) is 17.3. The minimum Gasteiger partial charge on any atom is -0.481 e. The van der Waals surface area contributed by atoms with Gasteiger partial charge in [0, 0.05) is 16.1 Å². The first-order valence-electron chi connectivity index (χ1n) is 7.72. The summed E-state index contributed by atoms with van der Waals surface area (Å²) in [5, 5.41) is 12.5. The third-order valence-corrected chi connectivity index (χ3v) is 4.94. The number of carboxylic acids is 1. The van der Waals surface area contributed by atoms with Gasteiger partial charge in [0.1, 0.15) is 6.04 Å². The van der Waals surface area contributed by atoms with Crippen molar-refractivity contribution in [3.8, 4) is 0 Å². The van der Waals surface area contributed by atoms with E-state index in [0.717, 1.165) is 28.4 Å². The molecule has 1 aliphatic rings. The molecule has 0 aliphatic carbocycles. The molecule has 2 heterocycles. The van der Waals surface area contributed by atoms with Crippen LogP contribution in [0, 0.1) is 0 Å². The summed E-state index contributed by atoms with van der Waals surface area (Å²) < 4.78 is 39.6. The summed E-state index contributed by atoms with van der Waals surface area (Å²) in [6.07, 6.45) is -5.46. The number of hydrogen-bond donors (Lipinski definition) is 2. The number of amides is 2. The summed E-state index contributed by atoms with van der Waals surface area (Å²) in [6.45, 7) is 0. The van der Waals surface area contributed by atoms with Gasteiger partial charge in [-0.2, -0.15) is 13.2 Å². The van der Waals surface area contributed by atoms with E-state index in [1.807, 2.05) is 0 Å². The van der Waals surface area contributed by atoms with Crippen LogP contribution in [0.15, 0.2) is 23.6 Å². The van der Waals surface area contributed by atoms with E-state index in [0.29, 0.717) is 0 Å². The second-order valence-corrected chi connectivity index (χ2v) is 7.12. The smallest absolute Gasteiger partial charge is 0.418 e. The van der Waals surface area contributed by atoms with Crippen molar-refractivity contribution in [1.29, 1.82) is 0 Å². The number of hydrogen-bond acceptors (Lipinski definition) is 6. The first-order chi connectivity index (χ1) is 13.1. The maximum absolute atomic E-state index is 13.2. The third kappa shape index (κ3) is 4.09. The van der Waals surface area contributed by atoms with Gasteiger partial charge in [-0.05, 0) is 18.2 Å². The van der Waals surface area contributed by atoms with Crippen molar-refractivity contribution in [3.05, 3.63) is 39.9 Å². The van der Waals surface area contributed by atoms with E-state index in [-0.39, 0.29) is 34.4 Å². The number of halogens is 4. The van der Waals surface area contributed by atoms with Crippen molar-refractivity contribution in [3.63, 3.8) is 0 Å². The van der Waals surface area contributed by atoms with Crippen LogP contribution in [0.25, 0.3) is 0 Å². The molecule has 1 fully saturated rings. The number of anilines is 2. The second-order valence-electron chi connectivity index (χ2n) is 5.85. The Morgan fingerprint density at radius 2 is 2.11 bits per heavy atom. The number of aliphatic carboxylic acids is 1. The summed E-state index contributed by atoms with van der Waals surface area (Å²) in [5.74, 6) is -2.55. The van der Waals surface area contributed by atoms with Crippen LogP contribution in [0.5, 0.6) is 0 Å². The summed E-state index contributed by atoms with van der Waals surface area (Å²) in [6, 6.07) is 1.82. The molecule has 1 saturated heterocycles. The number of imide groups is 1. The van der Waals surface area contributed by atoms with Gasteiger partial charge in [0.2, 0.25) is 5.91 Å². The highest BCUT2D eigenvalue weighted by atomic mass is 35.5. The largest absolute Gasteiger partial charge is 0.481 e. The predicted molar refractivity (Wildman–Crippen MR) is 94.4 cm³/mol. The molecular formula is C16H11ClF3N3O4S. The van der Waals surface area contributed by atoms with Crippen LogP contribution < -0.4 is 10.2 Å². The van der Waals surface area contributed by atoms with Crippen LogP contribution >= 0.6 is 22.9 Å². The lowest BCUT2D eigenvalue weighted by Gasteiger charge is -2.18. The molecule has 0 radical (unpaired) electrons. The number of carbonyl (C=O) groups is 3. The van der Waals surface area contributed by atoms with E-state index in [4.69, 9.17) is 16.7 Å². The highest BCUT2D eigenvalue weighted by Crippen LogP contribution is 2.37. The molecule has 1 aromatic heterocycles. The fourth-order valence-electron chi connectivity index (χ4n) is 2.65. The predicted octanol–water partition coefficient (Wildman–Crippen LogP) is 3.19. The van der Waals surface area contributed by atoms with Crippen molar-refractivity contribution in [1.82, 2.24) is 4.98 Å². The Morgan fingerprint density at radius 3 is 2.75 bits per heavy atom. The number of rotatable bonds is 5. The molecule has 0 saturated carbocycles. The Kier molecular flexibility index (Phi) is 5.31. The van der Waals surface area contributed by atoms with Crippen LogP contribution in [0.2, 0.25) is 5.02 Å². The third-order valence-electron chi connectivity index (χ3n) is 3.83. The van der Waals surface area contributed by atoms with E-state index >= 15 is 0 Å². The second kappa shape index (κ2) is 7.40. The van der Waals surface area contributed by atoms with E-state index in [9.17, 15) is 27.6 Å². The molecule has 148 valence electrons. The Morgan fingerprint density at radius 1 is 1.39 bits per heavy atom. The molecule has 2 aromatic rings. The first kappa shape index (κ1) is 20.1. The number of aromatic nitrogens is 1. The van der Waals surface area contributed by atoms with Gasteiger partial charge in [-0.1, -0.05) is 11.6 Å². The number of thiazole rings is 1. The average molecular weight is 434 g/mol. The maximum Gasteiger partial charge on any atom is 0.418 e. The molecule has 2 amide bonds. The van der Waals surface area contributed by atoms with Crippen LogP contribution in [0.4, 0.5) is 24.0 Å². The van der Waals surface area contributed by atoms with Crippen LogP contribution in [-0.2, 0) is 27.0 Å². The number of benzene rings is 1. The lowest BCUT2D eigenvalue weighted by atomic mass is 10.1. The van der Waals surface area contributed by atoms with Crippen molar-refractivity contribution in [2.75, 3.05) is 10.2 Å². The van der Waals surface area contributed by atoms with Gasteiger partial charge in [-0.15, -0.1) is 11.3 Å². The lowest BCUT2D eigenvalue weighted by Crippen LogP contribution is -2.35. The van der Waals surface area contributed by atoms with Gasteiger partial charge < -0.3 is 10.4 Å². The molecular weight excluding hydrogens is 423 g/mol. The van der Waals surface area contributed by atoms with Crippen LogP contribution in [0.3, 0.4) is 0 Å². The molecule has 0 bridgehead atoms. The maximum atomic E-state index is 13.2. The molecule has 1 atom stereocenters. The topological polar surface area (TPSA) is 99.6 Å². The molecule has 3 rings (SSSR count). The van der Waals surface area contributed by atoms with Gasteiger partial charge in [0.25, 0.3) is 5.91 Å². The van der Waals surface area contributed by atoms with Crippen molar-refractivity contribution < 1.29 is 32.7 Å². The molecule has 2 N–H and O–H groups in total. The van der Waals surface area contributed by atoms with Gasteiger partial charge >= 0.3 is 12.1 Å². The van der Waals surface area contributed by atoms with Gasteiger partial charge in [0.05, 0.1) is 24.1 Å².